The summed E-state index contributed by atoms with van der Waals surface area (Å²) in [5, 5.41) is 11.2. The van der Waals surface area contributed by atoms with Crippen LogP contribution in [0.3, 0.4) is 0 Å². The second-order valence-electron chi connectivity index (χ2n) is 9.13. The van der Waals surface area contributed by atoms with Crippen molar-refractivity contribution in [3.63, 3.8) is 0 Å². The number of amides is 4. The lowest BCUT2D eigenvalue weighted by atomic mass is 9.87. The van der Waals surface area contributed by atoms with Crippen molar-refractivity contribution in [3.05, 3.63) is 71.9 Å². The Kier molecular flexibility index (Phi) is 6.07. The van der Waals surface area contributed by atoms with Gasteiger partial charge >= 0.3 is 6.03 Å². The van der Waals surface area contributed by atoms with Crippen molar-refractivity contribution in [3.8, 4) is 11.3 Å². The van der Waals surface area contributed by atoms with Crippen molar-refractivity contribution in [1.82, 2.24) is 30.1 Å². The third-order valence-corrected chi connectivity index (χ3v) is 6.75. The van der Waals surface area contributed by atoms with Gasteiger partial charge in [-0.25, -0.2) is 4.79 Å². The number of nitrogens with one attached hydrogen (secondary N) is 1. The van der Waals surface area contributed by atoms with E-state index in [1.54, 1.807) is 17.0 Å². The summed E-state index contributed by atoms with van der Waals surface area (Å²) in [6, 6.07) is 16.4. The molecule has 0 radical (unpaired) electrons. The second kappa shape index (κ2) is 9.32. The molecule has 2 aliphatic heterocycles. The number of rotatable bonds is 6. The Morgan fingerprint density at radius 3 is 2.43 bits per heavy atom. The zero-order valence-electron chi connectivity index (χ0n) is 19.7. The van der Waals surface area contributed by atoms with Gasteiger partial charge in [0.05, 0.1) is 12.7 Å². The molecule has 3 aromatic rings. The fourth-order valence-corrected chi connectivity index (χ4v) is 4.75. The van der Waals surface area contributed by atoms with Gasteiger partial charge in [0, 0.05) is 30.8 Å². The molecule has 1 N–H and O–H groups in total. The summed E-state index contributed by atoms with van der Waals surface area (Å²) >= 11 is 0. The van der Waals surface area contributed by atoms with Crippen LogP contribution in [0, 0.1) is 0 Å². The number of benzene rings is 2. The van der Waals surface area contributed by atoms with Gasteiger partial charge in [0.25, 0.3) is 11.8 Å². The van der Waals surface area contributed by atoms with Crippen LogP contribution in [-0.2, 0) is 17.9 Å². The maximum atomic E-state index is 13.2. The minimum atomic E-state index is -0.934. The Morgan fingerprint density at radius 1 is 1.03 bits per heavy atom. The van der Waals surface area contributed by atoms with Crippen LogP contribution in [0.4, 0.5) is 4.79 Å². The van der Waals surface area contributed by atoms with E-state index < -0.39 is 5.54 Å². The van der Waals surface area contributed by atoms with Gasteiger partial charge in [0.15, 0.2) is 0 Å². The molecule has 3 heterocycles. The number of piperidine rings is 1. The van der Waals surface area contributed by atoms with Crippen LogP contribution in [0.2, 0.25) is 0 Å². The lowest BCUT2D eigenvalue weighted by molar-refractivity contribution is -0.133. The molecular formula is C26H28N6O3. The first kappa shape index (κ1) is 22.8. The van der Waals surface area contributed by atoms with Crippen LogP contribution in [0.5, 0.6) is 0 Å². The van der Waals surface area contributed by atoms with Gasteiger partial charge in [0.1, 0.15) is 11.2 Å². The van der Waals surface area contributed by atoms with E-state index in [0.29, 0.717) is 31.5 Å². The summed E-state index contributed by atoms with van der Waals surface area (Å²) in [7, 11) is 0. The number of carbonyl (C=O) groups excluding carboxylic acids is 3. The molecule has 0 aliphatic carbocycles. The largest absolute Gasteiger partial charge is 0.338 e. The van der Waals surface area contributed by atoms with Crippen molar-refractivity contribution in [2.75, 3.05) is 13.1 Å². The molecule has 0 unspecified atom stereocenters. The number of aromatic nitrogens is 3. The quantitative estimate of drug-likeness (QED) is 0.556. The maximum Gasteiger partial charge on any atom is 0.325 e. The summed E-state index contributed by atoms with van der Waals surface area (Å²) in [5.41, 5.74) is 2.22. The van der Waals surface area contributed by atoms with Crippen LogP contribution in [0.25, 0.3) is 11.3 Å². The molecule has 0 bridgehead atoms. The lowest BCUT2D eigenvalue weighted by Crippen LogP contribution is -2.55. The van der Waals surface area contributed by atoms with Gasteiger partial charge in [-0.05, 0) is 37.0 Å². The summed E-state index contributed by atoms with van der Waals surface area (Å²) in [5.74, 6) is -0.294. The number of hydrogen-bond donors (Lipinski definition) is 1. The van der Waals surface area contributed by atoms with Crippen LogP contribution in [-0.4, -0.2) is 61.3 Å². The first-order valence-electron chi connectivity index (χ1n) is 12.0. The summed E-state index contributed by atoms with van der Waals surface area (Å²) in [6.45, 7) is 3.94. The highest BCUT2D eigenvalue weighted by atomic mass is 16.2. The topological polar surface area (TPSA) is 100 Å². The predicted octanol–water partition coefficient (Wildman–Crippen LogP) is 3.08. The molecule has 2 aliphatic rings. The smallest absolute Gasteiger partial charge is 0.325 e. The van der Waals surface area contributed by atoms with E-state index in [4.69, 9.17) is 0 Å². The van der Waals surface area contributed by atoms with Gasteiger partial charge in [-0.2, -0.15) is 0 Å². The number of likely N-dealkylation sites (tertiary alicyclic amines) is 1. The molecule has 9 nitrogen and oxygen atoms in total. The first-order valence-corrected chi connectivity index (χ1v) is 12.0. The minimum Gasteiger partial charge on any atom is -0.338 e. The summed E-state index contributed by atoms with van der Waals surface area (Å²) in [6.07, 6.45) is 3.67. The lowest BCUT2D eigenvalue weighted by Gasteiger charge is -2.37. The van der Waals surface area contributed by atoms with E-state index in [1.165, 1.54) is 4.90 Å². The molecule has 9 heteroatoms. The summed E-state index contributed by atoms with van der Waals surface area (Å²) < 4.78 is 1.81. The van der Waals surface area contributed by atoms with Crippen molar-refractivity contribution in [2.24, 2.45) is 0 Å². The van der Waals surface area contributed by atoms with Gasteiger partial charge in [-0.1, -0.05) is 54.6 Å². The molecule has 1 aromatic heterocycles. The monoisotopic (exact) mass is 472 g/mol. The number of carbonyl (C=O) groups is 3. The van der Waals surface area contributed by atoms with Gasteiger partial charge in [-0.15, -0.1) is 5.10 Å². The number of hydrogen-bond acceptors (Lipinski definition) is 5. The van der Waals surface area contributed by atoms with E-state index in [2.05, 4.69) is 22.6 Å². The number of imide groups is 1. The SMILES string of the molecule is CCCn1cc(-c2ccc(C(=O)N3CCC4(CC3)NC(=O)N(Cc3ccccc3)C4=O)cc2)nn1. The molecular weight excluding hydrogens is 444 g/mol. The number of urea groups is 1. The Labute approximate surface area is 203 Å². The highest BCUT2D eigenvalue weighted by molar-refractivity contribution is 6.07. The zero-order valence-corrected chi connectivity index (χ0v) is 19.7. The van der Waals surface area contributed by atoms with Crippen molar-refractivity contribution in [1.29, 1.82) is 0 Å². The Hall–Kier alpha value is -4.01. The molecule has 4 amide bonds. The second-order valence-corrected chi connectivity index (χ2v) is 9.13. The Bertz CT molecular complexity index is 1230. The molecule has 2 fully saturated rings. The average molecular weight is 473 g/mol. The molecule has 0 saturated carbocycles. The van der Waals surface area contributed by atoms with Crippen molar-refractivity contribution >= 4 is 17.8 Å². The molecule has 2 aromatic carbocycles. The van der Waals surface area contributed by atoms with Crippen LogP contribution in [0.15, 0.2) is 60.8 Å². The minimum absolute atomic E-state index is 0.0843. The molecule has 1 spiro atoms. The first-order chi connectivity index (χ1) is 17.0. The van der Waals surface area contributed by atoms with Crippen molar-refractivity contribution in [2.45, 2.75) is 44.8 Å². The van der Waals surface area contributed by atoms with E-state index in [1.807, 2.05) is 53.3 Å². The van der Waals surface area contributed by atoms with Gasteiger partial charge in [-0.3, -0.25) is 19.2 Å². The highest BCUT2D eigenvalue weighted by Gasteiger charge is 2.52. The van der Waals surface area contributed by atoms with E-state index in [9.17, 15) is 14.4 Å². The van der Waals surface area contributed by atoms with E-state index in [0.717, 1.165) is 29.8 Å². The third kappa shape index (κ3) is 4.41. The number of nitrogens with zero attached hydrogens (tertiary/aromatic N) is 5. The summed E-state index contributed by atoms with van der Waals surface area (Å²) in [4.78, 5) is 41.9. The van der Waals surface area contributed by atoms with E-state index in [-0.39, 0.29) is 24.4 Å². The average Bonchev–Trinajstić information content (AvgIpc) is 3.44. The predicted molar refractivity (Wildman–Crippen MR) is 129 cm³/mol. The fraction of sp³-hybridized carbons (Fsp3) is 0.346. The van der Waals surface area contributed by atoms with Gasteiger partial charge in [0.2, 0.25) is 0 Å². The fourth-order valence-electron chi connectivity index (χ4n) is 4.75. The molecule has 2 saturated heterocycles. The highest BCUT2D eigenvalue weighted by Crippen LogP contribution is 2.31. The van der Waals surface area contributed by atoms with Crippen LogP contribution < -0.4 is 5.32 Å². The maximum absolute atomic E-state index is 13.2. The Balaban J connectivity index is 1.22. The zero-order chi connectivity index (χ0) is 24.4. The van der Waals surface area contributed by atoms with Gasteiger partial charge < -0.3 is 10.2 Å². The Morgan fingerprint density at radius 2 is 1.74 bits per heavy atom. The third-order valence-electron chi connectivity index (χ3n) is 6.75. The molecule has 180 valence electrons. The standard InChI is InChI=1S/C26H28N6O3/c1-2-14-31-18-22(28-29-31)20-8-10-21(11-9-20)23(33)30-15-12-26(13-16-30)24(34)32(25(35)27-26)17-19-6-4-3-5-7-19/h3-11,18H,2,12-17H2,1H3,(H,27,35). The molecule has 5 rings (SSSR count). The number of aryl methyl sites for hydroxylation is 1. The normalized spacial score (nSPS) is 17.2. The molecule has 35 heavy (non-hydrogen) atoms. The van der Waals surface area contributed by atoms with Crippen molar-refractivity contribution < 1.29 is 14.4 Å². The van der Waals surface area contributed by atoms with Crippen LogP contribution in [0.1, 0.15) is 42.1 Å². The van der Waals surface area contributed by atoms with E-state index >= 15 is 0 Å². The van der Waals surface area contributed by atoms with Crippen LogP contribution >= 0.6 is 0 Å². The molecule has 0 atom stereocenters.